The highest BCUT2D eigenvalue weighted by Gasteiger charge is 2.17. The number of para-hydroxylation sites is 1. The molecular weight excluding hydrogens is 374 g/mol. The molecule has 0 saturated heterocycles. The monoisotopic (exact) mass is 389 g/mol. The van der Waals surface area contributed by atoms with Gasteiger partial charge in [0.05, 0.1) is 5.69 Å². The maximum absolute atomic E-state index is 12.6. The van der Waals surface area contributed by atoms with Crippen LogP contribution in [-0.4, -0.2) is 21.2 Å². The highest BCUT2D eigenvalue weighted by Crippen LogP contribution is 2.30. The van der Waals surface area contributed by atoms with E-state index in [0.717, 1.165) is 28.7 Å². The lowest BCUT2D eigenvalue weighted by Gasteiger charge is -2.07. The lowest BCUT2D eigenvalue weighted by atomic mass is 10.1. The second kappa shape index (κ2) is 6.69. The fourth-order valence-corrected chi connectivity index (χ4v) is 4.17. The van der Waals surface area contributed by atoms with Crippen molar-refractivity contribution in [2.75, 3.05) is 11.1 Å². The molecule has 4 aromatic rings. The molecule has 5 rings (SSSR count). The van der Waals surface area contributed by atoms with E-state index in [4.69, 9.17) is 4.42 Å². The molecule has 2 aromatic heterocycles. The zero-order valence-corrected chi connectivity index (χ0v) is 15.5. The van der Waals surface area contributed by atoms with Gasteiger partial charge in [0, 0.05) is 35.1 Å². The molecule has 0 unspecified atom stereocenters. The van der Waals surface area contributed by atoms with Crippen molar-refractivity contribution in [2.45, 2.75) is 11.7 Å². The summed E-state index contributed by atoms with van der Waals surface area (Å²) in [5, 5.41) is 4.50. The third-order valence-electron chi connectivity index (χ3n) is 4.61. The molecule has 0 radical (unpaired) electrons. The lowest BCUT2D eigenvalue weighted by Crippen LogP contribution is -2.20. The van der Waals surface area contributed by atoms with Crippen molar-refractivity contribution >= 4 is 34.3 Å². The molecule has 1 amide bonds. The molecular formula is C21H15N3O3S. The highest BCUT2D eigenvalue weighted by atomic mass is 32.2. The van der Waals surface area contributed by atoms with Gasteiger partial charge in [-0.1, -0.05) is 42.1 Å². The Morgan fingerprint density at radius 3 is 2.93 bits per heavy atom. The number of imidazole rings is 1. The summed E-state index contributed by atoms with van der Waals surface area (Å²) in [5.74, 6) is 0.548. The second-order valence-corrected chi connectivity index (χ2v) is 7.53. The van der Waals surface area contributed by atoms with Crippen molar-refractivity contribution in [3.63, 3.8) is 0 Å². The Bertz CT molecular complexity index is 1250. The van der Waals surface area contributed by atoms with Gasteiger partial charge in [-0.15, -0.1) is 0 Å². The molecule has 1 aliphatic rings. The van der Waals surface area contributed by atoms with Crippen LogP contribution in [0.4, 0.5) is 5.69 Å². The number of rotatable bonds is 3. The van der Waals surface area contributed by atoms with Crippen molar-refractivity contribution in [1.82, 2.24) is 9.55 Å². The molecule has 1 N–H and O–H groups in total. The van der Waals surface area contributed by atoms with Crippen LogP contribution in [0, 0.1) is 0 Å². The number of hydrogen-bond acceptors (Lipinski definition) is 5. The van der Waals surface area contributed by atoms with Crippen LogP contribution in [0.25, 0.3) is 22.2 Å². The minimum absolute atomic E-state index is 0.0264. The van der Waals surface area contributed by atoms with E-state index in [2.05, 4.69) is 14.9 Å². The Morgan fingerprint density at radius 1 is 1.14 bits per heavy atom. The van der Waals surface area contributed by atoms with Gasteiger partial charge in [0.25, 0.3) is 5.91 Å². The van der Waals surface area contributed by atoms with E-state index in [1.807, 2.05) is 30.5 Å². The SMILES string of the molecule is O=C(Nc1cccc(-c2cn3c(n2)SCC3)c1)c1cc2ccccc2oc1=O. The molecule has 0 atom stereocenters. The average Bonchev–Trinajstić information content (AvgIpc) is 3.30. The molecule has 0 fully saturated rings. The number of benzene rings is 2. The topological polar surface area (TPSA) is 77.1 Å². The van der Waals surface area contributed by atoms with E-state index in [-0.39, 0.29) is 5.56 Å². The van der Waals surface area contributed by atoms with E-state index in [1.165, 1.54) is 0 Å². The zero-order valence-electron chi connectivity index (χ0n) is 14.7. The van der Waals surface area contributed by atoms with Crippen molar-refractivity contribution in [2.24, 2.45) is 0 Å². The van der Waals surface area contributed by atoms with E-state index in [1.54, 1.807) is 42.1 Å². The average molecular weight is 389 g/mol. The largest absolute Gasteiger partial charge is 0.422 e. The van der Waals surface area contributed by atoms with E-state index >= 15 is 0 Å². The summed E-state index contributed by atoms with van der Waals surface area (Å²) < 4.78 is 7.38. The maximum atomic E-state index is 12.6. The molecule has 0 bridgehead atoms. The minimum atomic E-state index is -0.657. The Kier molecular flexibility index (Phi) is 4.02. The van der Waals surface area contributed by atoms with Gasteiger partial charge in [-0.3, -0.25) is 4.79 Å². The van der Waals surface area contributed by atoms with Crippen molar-refractivity contribution < 1.29 is 9.21 Å². The molecule has 7 heteroatoms. The van der Waals surface area contributed by atoms with Crippen molar-refractivity contribution in [1.29, 1.82) is 0 Å². The fraction of sp³-hybridized carbons (Fsp3) is 0.0952. The Labute approximate surface area is 164 Å². The number of aryl methyl sites for hydroxylation is 1. The summed E-state index contributed by atoms with van der Waals surface area (Å²) >= 11 is 1.73. The molecule has 0 aliphatic carbocycles. The van der Waals surface area contributed by atoms with Gasteiger partial charge in [-0.25, -0.2) is 9.78 Å². The first kappa shape index (κ1) is 16.8. The summed E-state index contributed by atoms with van der Waals surface area (Å²) in [6.07, 6.45) is 2.02. The molecule has 138 valence electrons. The van der Waals surface area contributed by atoms with Crippen LogP contribution in [0.2, 0.25) is 0 Å². The van der Waals surface area contributed by atoms with Crippen molar-refractivity contribution in [3.8, 4) is 11.3 Å². The number of nitrogens with zero attached hydrogens (tertiary/aromatic N) is 2. The van der Waals surface area contributed by atoms with E-state index < -0.39 is 11.5 Å². The standard InChI is InChI=1S/C21H15N3O3S/c25-19(16-11-14-4-1-2-7-18(14)27-20(16)26)22-15-6-3-5-13(10-15)17-12-24-8-9-28-21(24)23-17/h1-7,10-12H,8-9H2,(H,22,25). The summed E-state index contributed by atoms with van der Waals surface area (Å²) in [7, 11) is 0. The van der Waals surface area contributed by atoms with Gasteiger partial charge in [0.2, 0.25) is 0 Å². The summed E-state index contributed by atoms with van der Waals surface area (Å²) in [6.45, 7) is 0.959. The zero-order chi connectivity index (χ0) is 19.1. The Morgan fingerprint density at radius 2 is 2.04 bits per heavy atom. The van der Waals surface area contributed by atoms with Crippen LogP contribution in [0.1, 0.15) is 10.4 Å². The number of thioether (sulfide) groups is 1. The van der Waals surface area contributed by atoms with E-state index in [0.29, 0.717) is 16.7 Å². The van der Waals surface area contributed by atoms with Gasteiger partial charge < -0.3 is 14.3 Å². The quantitative estimate of drug-likeness (QED) is 0.536. The first-order valence-electron chi connectivity index (χ1n) is 8.82. The minimum Gasteiger partial charge on any atom is -0.422 e. The predicted octanol–water partition coefficient (Wildman–Crippen LogP) is 4.01. The molecule has 0 spiro atoms. The third kappa shape index (κ3) is 2.99. The molecule has 1 aliphatic heterocycles. The number of anilines is 1. The normalized spacial score (nSPS) is 12.9. The molecule has 3 heterocycles. The summed E-state index contributed by atoms with van der Waals surface area (Å²) in [5.41, 5.74) is 2.14. The number of amides is 1. The van der Waals surface area contributed by atoms with E-state index in [9.17, 15) is 9.59 Å². The lowest BCUT2D eigenvalue weighted by molar-refractivity contribution is 0.102. The first-order valence-corrected chi connectivity index (χ1v) is 9.80. The van der Waals surface area contributed by atoms with Crippen LogP contribution in [0.5, 0.6) is 0 Å². The van der Waals surface area contributed by atoms with Gasteiger partial charge >= 0.3 is 5.63 Å². The first-order chi connectivity index (χ1) is 13.7. The van der Waals surface area contributed by atoms with Crippen LogP contribution < -0.4 is 10.9 Å². The number of carbonyl (C=O) groups excluding carboxylic acids is 1. The smallest absolute Gasteiger partial charge is 0.349 e. The second-order valence-electron chi connectivity index (χ2n) is 6.47. The molecule has 6 nitrogen and oxygen atoms in total. The third-order valence-corrected chi connectivity index (χ3v) is 5.58. The number of fused-ring (bicyclic) bond motifs is 2. The van der Waals surface area contributed by atoms with Crippen LogP contribution in [0.3, 0.4) is 0 Å². The summed E-state index contributed by atoms with van der Waals surface area (Å²) in [6, 6.07) is 16.1. The number of hydrogen-bond donors (Lipinski definition) is 1. The van der Waals surface area contributed by atoms with Gasteiger partial charge in [-0.2, -0.15) is 0 Å². The fourth-order valence-electron chi connectivity index (χ4n) is 3.22. The number of aromatic nitrogens is 2. The predicted molar refractivity (Wildman–Crippen MR) is 109 cm³/mol. The van der Waals surface area contributed by atoms with Crippen LogP contribution >= 0.6 is 11.8 Å². The summed E-state index contributed by atoms with van der Waals surface area (Å²) in [4.78, 5) is 29.5. The van der Waals surface area contributed by atoms with Crippen LogP contribution in [0.15, 0.2) is 75.2 Å². The Balaban J connectivity index is 1.44. The number of nitrogens with one attached hydrogen (secondary N) is 1. The maximum Gasteiger partial charge on any atom is 0.349 e. The Hall–Kier alpha value is -3.32. The highest BCUT2D eigenvalue weighted by molar-refractivity contribution is 7.99. The van der Waals surface area contributed by atoms with Gasteiger partial charge in [-0.05, 0) is 24.3 Å². The molecule has 2 aromatic carbocycles. The molecule has 28 heavy (non-hydrogen) atoms. The van der Waals surface area contributed by atoms with Crippen LogP contribution in [-0.2, 0) is 6.54 Å². The van der Waals surface area contributed by atoms with Gasteiger partial charge in [0.15, 0.2) is 5.16 Å². The number of carbonyl (C=O) groups is 1. The molecule has 0 saturated carbocycles. The van der Waals surface area contributed by atoms with Crippen molar-refractivity contribution in [3.05, 3.63) is 76.8 Å². The van der Waals surface area contributed by atoms with Gasteiger partial charge in [0.1, 0.15) is 11.1 Å².